The van der Waals surface area contributed by atoms with Crippen LogP contribution in [-0.4, -0.2) is 35.9 Å². The first-order chi connectivity index (χ1) is 14.5. The number of hydrogen-bond acceptors (Lipinski definition) is 5. The molecule has 4 rings (SSSR count). The van der Waals surface area contributed by atoms with Gasteiger partial charge in [0, 0.05) is 66.5 Å². The molecule has 2 aromatic heterocycles. The highest BCUT2D eigenvalue weighted by Crippen LogP contribution is 2.36. The number of hydrogen-bond donors (Lipinski definition) is 2. The molecule has 0 aliphatic heterocycles. The van der Waals surface area contributed by atoms with Gasteiger partial charge in [-0.3, -0.25) is 14.6 Å². The van der Waals surface area contributed by atoms with Crippen LogP contribution in [0.4, 0.5) is 11.5 Å². The SMILES string of the molecule is CN(C)c1ccccc1-c1cncc(-c2c(C(N)=O)ccnc2NC(=O)C2CC2)c1. The molecule has 0 bridgehead atoms. The summed E-state index contributed by atoms with van der Waals surface area (Å²) in [7, 11) is 3.96. The number of nitrogens with zero attached hydrogens (tertiary/aromatic N) is 3. The number of rotatable bonds is 6. The molecule has 0 saturated heterocycles. The van der Waals surface area contributed by atoms with Crippen molar-refractivity contribution in [2.75, 3.05) is 24.3 Å². The Kier molecular flexibility index (Phi) is 5.18. The number of nitrogens with two attached hydrogens (primary N) is 1. The molecular formula is C23H23N5O2. The Morgan fingerprint density at radius 3 is 2.53 bits per heavy atom. The molecule has 1 aliphatic rings. The first-order valence-corrected chi connectivity index (χ1v) is 9.77. The van der Waals surface area contributed by atoms with Gasteiger partial charge in [0.15, 0.2) is 0 Å². The molecule has 152 valence electrons. The van der Waals surface area contributed by atoms with Crippen LogP contribution in [-0.2, 0) is 4.79 Å². The summed E-state index contributed by atoms with van der Waals surface area (Å²) >= 11 is 0. The van der Waals surface area contributed by atoms with Crippen LogP contribution in [0, 0.1) is 5.92 Å². The van der Waals surface area contributed by atoms with Crippen LogP contribution >= 0.6 is 0 Å². The minimum atomic E-state index is -0.589. The summed E-state index contributed by atoms with van der Waals surface area (Å²) in [4.78, 5) is 35.2. The van der Waals surface area contributed by atoms with Crippen molar-refractivity contribution in [2.45, 2.75) is 12.8 Å². The molecule has 2 amide bonds. The molecule has 0 radical (unpaired) electrons. The molecule has 7 nitrogen and oxygen atoms in total. The lowest BCUT2D eigenvalue weighted by Gasteiger charge is -2.18. The summed E-state index contributed by atoms with van der Waals surface area (Å²) < 4.78 is 0. The van der Waals surface area contributed by atoms with Gasteiger partial charge >= 0.3 is 0 Å². The highest BCUT2D eigenvalue weighted by Gasteiger charge is 2.31. The number of nitrogens with one attached hydrogen (secondary N) is 1. The van der Waals surface area contributed by atoms with E-state index in [1.165, 1.54) is 6.20 Å². The highest BCUT2D eigenvalue weighted by molar-refractivity contribution is 6.05. The third-order valence-corrected chi connectivity index (χ3v) is 5.13. The van der Waals surface area contributed by atoms with E-state index in [-0.39, 0.29) is 17.4 Å². The Hall–Kier alpha value is -3.74. The molecule has 0 unspecified atom stereocenters. The zero-order chi connectivity index (χ0) is 21.3. The molecule has 0 spiro atoms. The van der Waals surface area contributed by atoms with E-state index in [1.807, 2.05) is 49.3 Å². The van der Waals surface area contributed by atoms with Crippen LogP contribution < -0.4 is 16.0 Å². The van der Waals surface area contributed by atoms with Crippen molar-refractivity contribution in [3.8, 4) is 22.3 Å². The van der Waals surface area contributed by atoms with Crippen molar-refractivity contribution in [1.29, 1.82) is 0 Å². The summed E-state index contributed by atoms with van der Waals surface area (Å²) in [6.07, 6.45) is 6.64. The molecule has 3 N–H and O–H groups in total. The van der Waals surface area contributed by atoms with Crippen LogP contribution in [0.2, 0.25) is 0 Å². The van der Waals surface area contributed by atoms with Gasteiger partial charge in [-0.2, -0.15) is 0 Å². The van der Waals surface area contributed by atoms with Crippen molar-refractivity contribution >= 4 is 23.3 Å². The molecule has 1 fully saturated rings. The van der Waals surface area contributed by atoms with E-state index in [4.69, 9.17) is 5.73 Å². The number of benzene rings is 1. The van der Waals surface area contributed by atoms with E-state index in [2.05, 4.69) is 15.3 Å². The lowest BCUT2D eigenvalue weighted by atomic mass is 9.97. The molecule has 1 saturated carbocycles. The predicted octanol–water partition coefficient (Wildman–Crippen LogP) is 3.32. The van der Waals surface area contributed by atoms with Gasteiger partial charge in [-0.05, 0) is 31.0 Å². The van der Waals surface area contributed by atoms with Crippen LogP contribution in [0.25, 0.3) is 22.3 Å². The van der Waals surface area contributed by atoms with E-state index < -0.39 is 5.91 Å². The Morgan fingerprint density at radius 2 is 1.83 bits per heavy atom. The van der Waals surface area contributed by atoms with Crippen LogP contribution in [0.3, 0.4) is 0 Å². The van der Waals surface area contributed by atoms with E-state index in [1.54, 1.807) is 18.5 Å². The fraction of sp³-hybridized carbons (Fsp3) is 0.217. The molecule has 7 heteroatoms. The number of carbonyl (C=O) groups is 2. The molecule has 1 aliphatic carbocycles. The summed E-state index contributed by atoms with van der Waals surface area (Å²) in [5.74, 6) is -0.350. The number of aromatic nitrogens is 2. The van der Waals surface area contributed by atoms with Gasteiger partial charge in [-0.15, -0.1) is 0 Å². The van der Waals surface area contributed by atoms with Gasteiger partial charge in [-0.1, -0.05) is 18.2 Å². The number of para-hydroxylation sites is 1. The Balaban J connectivity index is 1.84. The Bertz CT molecular complexity index is 1120. The van der Waals surface area contributed by atoms with Crippen LogP contribution in [0.1, 0.15) is 23.2 Å². The molecule has 0 atom stereocenters. The zero-order valence-corrected chi connectivity index (χ0v) is 16.9. The lowest BCUT2D eigenvalue weighted by molar-refractivity contribution is -0.117. The van der Waals surface area contributed by atoms with Gasteiger partial charge in [0.1, 0.15) is 5.82 Å². The van der Waals surface area contributed by atoms with Gasteiger partial charge < -0.3 is 16.0 Å². The van der Waals surface area contributed by atoms with Crippen LogP contribution in [0.15, 0.2) is 55.0 Å². The van der Waals surface area contributed by atoms with E-state index in [0.717, 1.165) is 29.7 Å². The average molecular weight is 401 g/mol. The normalized spacial score (nSPS) is 13.0. The third kappa shape index (κ3) is 3.87. The summed E-state index contributed by atoms with van der Waals surface area (Å²) in [6.45, 7) is 0. The standard InChI is InChI=1S/C23H23N5O2/c1-28(2)19-6-4-3-5-17(19)15-11-16(13-25-12-15)20-18(21(24)29)9-10-26-22(20)27-23(30)14-7-8-14/h3-6,9-14H,7-8H2,1-2H3,(H2,24,29)(H,26,27,30). The van der Waals surface area contributed by atoms with E-state index in [0.29, 0.717) is 16.9 Å². The summed E-state index contributed by atoms with van der Waals surface area (Å²) in [5.41, 5.74) is 9.99. The van der Waals surface area contributed by atoms with Crippen molar-refractivity contribution in [3.63, 3.8) is 0 Å². The largest absolute Gasteiger partial charge is 0.377 e. The lowest BCUT2D eigenvalue weighted by Crippen LogP contribution is -2.18. The molecular weight excluding hydrogens is 378 g/mol. The maximum absolute atomic E-state index is 12.4. The number of primary amides is 1. The van der Waals surface area contributed by atoms with Gasteiger partial charge in [0.2, 0.25) is 11.8 Å². The topological polar surface area (TPSA) is 101 Å². The minimum Gasteiger partial charge on any atom is -0.377 e. The quantitative estimate of drug-likeness (QED) is 0.660. The second-order valence-electron chi connectivity index (χ2n) is 7.58. The van der Waals surface area contributed by atoms with Crippen molar-refractivity contribution < 1.29 is 9.59 Å². The molecule has 3 aromatic rings. The molecule has 2 heterocycles. The fourth-order valence-corrected chi connectivity index (χ4v) is 3.45. The number of carbonyl (C=O) groups excluding carboxylic acids is 2. The fourth-order valence-electron chi connectivity index (χ4n) is 3.45. The highest BCUT2D eigenvalue weighted by atomic mass is 16.2. The van der Waals surface area contributed by atoms with Crippen molar-refractivity contribution in [3.05, 3.63) is 60.6 Å². The third-order valence-electron chi connectivity index (χ3n) is 5.13. The smallest absolute Gasteiger partial charge is 0.249 e. The second-order valence-corrected chi connectivity index (χ2v) is 7.58. The van der Waals surface area contributed by atoms with Crippen molar-refractivity contribution in [1.82, 2.24) is 9.97 Å². The van der Waals surface area contributed by atoms with Crippen molar-refractivity contribution in [2.24, 2.45) is 11.7 Å². The van der Waals surface area contributed by atoms with Gasteiger partial charge in [-0.25, -0.2) is 4.98 Å². The zero-order valence-electron chi connectivity index (χ0n) is 16.9. The van der Waals surface area contributed by atoms with Gasteiger partial charge in [0.25, 0.3) is 0 Å². The van der Waals surface area contributed by atoms with Crippen LogP contribution in [0.5, 0.6) is 0 Å². The first-order valence-electron chi connectivity index (χ1n) is 9.77. The summed E-state index contributed by atoms with van der Waals surface area (Å²) in [6, 6.07) is 11.5. The molecule has 1 aromatic carbocycles. The van der Waals surface area contributed by atoms with E-state index >= 15 is 0 Å². The van der Waals surface area contributed by atoms with E-state index in [9.17, 15) is 9.59 Å². The number of amides is 2. The van der Waals surface area contributed by atoms with Gasteiger partial charge in [0.05, 0.1) is 5.56 Å². The monoisotopic (exact) mass is 401 g/mol. The predicted molar refractivity (Wildman–Crippen MR) is 117 cm³/mol. The Labute approximate surface area is 175 Å². The first kappa shape index (κ1) is 19.6. The maximum Gasteiger partial charge on any atom is 0.249 e. The summed E-state index contributed by atoms with van der Waals surface area (Å²) in [5, 5.41) is 2.86. The maximum atomic E-state index is 12.4. The number of anilines is 2. The second kappa shape index (κ2) is 7.94. The Morgan fingerprint density at radius 1 is 1.10 bits per heavy atom. The molecule has 30 heavy (non-hydrogen) atoms. The number of pyridine rings is 2. The minimum absolute atomic E-state index is 0.00770. The average Bonchev–Trinajstić information content (AvgIpc) is 3.59.